The molecule has 0 aliphatic heterocycles. The monoisotopic (exact) mass is 337 g/mol. The van der Waals surface area contributed by atoms with Crippen molar-refractivity contribution in [1.82, 2.24) is 4.98 Å². The van der Waals surface area contributed by atoms with Gasteiger partial charge in [0.1, 0.15) is 10.8 Å². The summed E-state index contributed by atoms with van der Waals surface area (Å²) < 4.78 is 5.25. The number of methoxy groups -OCH3 is 1. The van der Waals surface area contributed by atoms with E-state index < -0.39 is 0 Å². The van der Waals surface area contributed by atoms with Crippen molar-refractivity contribution in [2.45, 2.75) is 32.6 Å². The molecule has 0 spiro atoms. The van der Waals surface area contributed by atoms with Crippen molar-refractivity contribution in [3.63, 3.8) is 0 Å². The Balaban J connectivity index is 1.89. The van der Waals surface area contributed by atoms with Crippen LogP contribution in [0.15, 0.2) is 54.6 Å². The Kier molecular flexibility index (Phi) is 5.65. The second-order valence-corrected chi connectivity index (χ2v) is 6.97. The van der Waals surface area contributed by atoms with Gasteiger partial charge in [-0.15, -0.1) is 11.3 Å². The van der Waals surface area contributed by atoms with Crippen molar-refractivity contribution in [3.05, 3.63) is 70.7 Å². The van der Waals surface area contributed by atoms with Gasteiger partial charge in [0, 0.05) is 16.9 Å². The minimum atomic E-state index is 0.881. The van der Waals surface area contributed by atoms with Gasteiger partial charge in [-0.05, 0) is 42.7 Å². The molecule has 2 nitrogen and oxygen atoms in total. The van der Waals surface area contributed by atoms with Gasteiger partial charge in [0.2, 0.25) is 0 Å². The molecule has 1 heterocycles. The van der Waals surface area contributed by atoms with E-state index in [-0.39, 0.29) is 0 Å². The van der Waals surface area contributed by atoms with Crippen molar-refractivity contribution < 1.29 is 4.74 Å². The highest BCUT2D eigenvalue weighted by atomic mass is 32.1. The van der Waals surface area contributed by atoms with Crippen molar-refractivity contribution in [3.8, 4) is 16.3 Å². The maximum atomic E-state index is 5.25. The zero-order valence-electron chi connectivity index (χ0n) is 14.3. The maximum Gasteiger partial charge on any atom is 0.123 e. The largest absolute Gasteiger partial charge is 0.497 e. The first-order chi connectivity index (χ1) is 11.8. The van der Waals surface area contributed by atoms with E-state index in [1.807, 2.05) is 23.5 Å². The normalized spacial score (nSPS) is 10.8. The standard InChI is InChI=1S/C21H23NOS/c1-3-4-10-20-19(15-16-8-6-5-7-9-16)22-21(24-20)17-11-13-18(23-2)14-12-17/h5-9,11-14H,3-4,10,15H2,1-2H3. The molecule has 3 rings (SSSR count). The summed E-state index contributed by atoms with van der Waals surface area (Å²) >= 11 is 1.83. The zero-order chi connectivity index (χ0) is 16.8. The summed E-state index contributed by atoms with van der Waals surface area (Å²) in [5, 5.41) is 1.11. The Labute approximate surface area is 148 Å². The number of thiazole rings is 1. The van der Waals surface area contributed by atoms with E-state index in [4.69, 9.17) is 9.72 Å². The average molecular weight is 337 g/mol. The average Bonchev–Trinajstić information content (AvgIpc) is 3.03. The molecule has 0 saturated heterocycles. The van der Waals surface area contributed by atoms with Crippen LogP contribution in [0.25, 0.3) is 10.6 Å². The molecule has 1 aromatic heterocycles. The van der Waals surface area contributed by atoms with Gasteiger partial charge in [-0.1, -0.05) is 43.7 Å². The molecule has 0 aliphatic rings. The van der Waals surface area contributed by atoms with Gasteiger partial charge in [0.05, 0.1) is 12.8 Å². The highest BCUT2D eigenvalue weighted by Gasteiger charge is 2.13. The fourth-order valence-corrected chi connectivity index (χ4v) is 3.83. The number of ether oxygens (including phenoxy) is 1. The molecule has 24 heavy (non-hydrogen) atoms. The summed E-state index contributed by atoms with van der Waals surface area (Å²) in [6.07, 6.45) is 4.45. The van der Waals surface area contributed by atoms with Crippen LogP contribution in [0.3, 0.4) is 0 Å². The first kappa shape index (κ1) is 16.7. The van der Waals surface area contributed by atoms with Crippen LogP contribution in [-0.2, 0) is 12.8 Å². The van der Waals surface area contributed by atoms with Gasteiger partial charge in [0.25, 0.3) is 0 Å². The Morgan fingerprint density at radius 3 is 2.42 bits per heavy atom. The van der Waals surface area contributed by atoms with E-state index in [0.717, 1.165) is 29.2 Å². The number of nitrogens with zero attached hydrogens (tertiary/aromatic N) is 1. The molecule has 3 heteroatoms. The van der Waals surface area contributed by atoms with Gasteiger partial charge in [-0.25, -0.2) is 4.98 Å². The van der Waals surface area contributed by atoms with Crippen molar-refractivity contribution in [1.29, 1.82) is 0 Å². The topological polar surface area (TPSA) is 22.1 Å². The van der Waals surface area contributed by atoms with Crippen LogP contribution >= 0.6 is 11.3 Å². The molecule has 124 valence electrons. The lowest BCUT2D eigenvalue weighted by atomic mass is 10.1. The quantitative estimate of drug-likeness (QED) is 0.547. The Hall–Kier alpha value is -2.13. The maximum absolute atomic E-state index is 5.25. The van der Waals surface area contributed by atoms with Crippen LogP contribution in [-0.4, -0.2) is 12.1 Å². The predicted octanol–water partition coefficient (Wildman–Crippen LogP) is 5.75. The van der Waals surface area contributed by atoms with Crippen LogP contribution in [0, 0.1) is 0 Å². The molecular weight excluding hydrogens is 314 g/mol. The summed E-state index contributed by atoms with van der Waals surface area (Å²) in [6.45, 7) is 2.24. The van der Waals surface area contributed by atoms with E-state index in [9.17, 15) is 0 Å². The van der Waals surface area contributed by atoms with Crippen molar-refractivity contribution in [2.24, 2.45) is 0 Å². The highest BCUT2D eigenvalue weighted by Crippen LogP contribution is 2.31. The van der Waals surface area contributed by atoms with Gasteiger partial charge >= 0.3 is 0 Å². The first-order valence-corrected chi connectivity index (χ1v) is 9.28. The lowest BCUT2D eigenvalue weighted by Gasteiger charge is -2.02. The van der Waals surface area contributed by atoms with Gasteiger partial charge < -0.3 is 4.74 Å². The van der Waals surface area contributed by atoms with E-state index >= 15 is 0 Å². The van der Waals surface area contributed by atoms with Crippen LogP contribution in [0.5, 0.6) is 5.75 Å². The molecule has 0 unspecified atom stereocenters. The summed E-state index contributed by atoms with van der Waals surface area (Å²) in [7, 11) is 1.69. The van der Waals surface area contributed by atoms with Crippen molar-refractivity contribution in [2.75, 3.05) is 7.11 Å². The van der Waals surface area contributed by atoms with E-state index in [1.165, 1.54) is 29.0 Å². The molecule has 3 aromatic rings. The Morgan fingerprint density at radius 2 is 1.75 bits per heavy atom. The predicted molar refractivity (Wildman–Crippen MR) is 102 cm³/mol. The number of benzene rings is 2. The van der Waals surface area contributed by atoms with Gasteiger partial charge in [-0.2, -0.15) is 0 Å². The summed E-state index contributed by atoms with van der Waals surface area (Å²) in [6, 6.07) is 18.8. The van der Waals surface area contributed by atoms with Gasteiger partial charge in [-0.3, -0.25) is 0 Å². The molecule has 0 amide bonds. The van der Waals surface area contributed by atoms with Crippen LogP contribution in [0.1, 0.15) is 35.9 Å². The molecule has 0 aliphatic carbocycles. The van der Waals surface area contributed by atoms with E-state index in [0.29, 0.717) is 0 Å². The lowest BCUT2D eigenvalue weighted by molar-refractivity contribution is 0.415. The number of hydrogen-bond donors (Lipinski definition) is 0. The third-order valence-corrected chi connectivity index (χ3v) is 5.29. The number of unbranched alkanes of at least 4 members (excludes halogenated alkanes) is 1. The number of rotatable bonds is 7. The highest BCUT2D eigenvalue weighted by molar-refractivity contribution is 7.15. The van der Waals surface area contributed by atoms with Gasteiger partial charge in [0.15, 0.2) is 0 Å². The molecule has 0 fully saturated rings. The third kappa shape index (κ3) is 4.04. The fourth-order valence-electron chi connectivity index (χ4n) is 2.70. The van der Waals surface area contributed by atoms with Crippen LogP contribution < -0.4 is 4.74 Å². The first-order valence-electron chi connectivity index (χ1n) is 8.47. The molecule has 0 atom stereocenters. The summed E-state index contributed by atoms with van der Waals surface area (Å²) in [5.41, 5.74) is 3.71. The van der Waals surface area contributed by atoms with E-state index in [1.54, 1.807) is 7.11 Å². The Morgan fingerprint density at radius 1 is 1.00 bits per heavy atom. The molecule has 0 N–H and O–H groups in total. The zero-order valence-corrected chi connectivity index (χ0v) is 15.1. The molecule has 0 radical (unpaired) electrons. The summed E-state index contributed by atoms with van der Waals surface area (Å²) in [5.74, 6) is 0.881. The van der Waals surface area contributed by atoms with Crippen molar-refractivity contribution >= 4 is 11.3 Å². The minimum absolute atomic E-state index is 0.881. The number of aryl methyl sites for hydroxylation is 1. The lowest BCUT2D eigenvalue weighted by Crippen LogP contribution is -1.93. The smallest absolute Gasteiger partial charge is 0.123 e. The van der Waals surface area contributed by atoms with E-state index in [2.05, 4.69) is 49.4 Å². The molecular formula is C21H23NOS. The summed E-state index contributed by atoms with van der Waals surface area (Å²) in [4.78, 5) is 6.38. The second kappa shape index (κ2) is 8.11. The number of hydrogen-bond acceptors (Lipinski definition) is 3. The molecule has 0 bridgehead atoms. The number of aromatic nitrogens is 1. The van der Waals surface area contributed by atoms with Crippen LogP contribution in [0.2, 0.25) is 0 Å². The minimum Gasteiger partial charge on any atom is -0.497 e. The van der Waals surface area contributed by atoms with Crippen LogP contribution in [0.4, 0.5) is 0 Å². The Bertz CT molecular complexity index is 762. The fraction of sp³-hybridized carbons (Fsp3) is 0.286. The molecule has 2 aromatic carbocycles. The molecule has 0 saturated carbocycles. The second-order valence-electron chi connectivity index (χ2n) is 5.88. The SMILES string of the molecule is CCCCc1sc(-c2ccc(OC)cc2)nc1Cc1ccccc1. The third-order valence-electron chi connectivity index (χ3n) is 4.09.